The molecule has 0 fully saturated rings. The third-order valence-corrected chi connectivity index (χ3v) is 4.14. The van der Waals surface area contributed by atoms with Crippen molar-refractivity contribution in [2.45, 2.75) is 19.9 Å². The van der Waals surface area contributed by atoms with Gasteiger partial charge in [-0.3, -0.25) is 4.99 Å². The maximum Gasteiger partial charge on any atom is 0.223 e. The van der Waals surface area contributed by atoms with Crippen molar-refractivity contribution in [2.24, 2.45) is 4.99 Å². The van der Waals surface area contributed by atoms with Crippen LogP contribution in [-0.2, 0) is 6.54 Å². The first-order chi connectivity index (χ1) is 12.2. The molecule has 0 spiro atoms. The van der Waals surface area contributed by atoms with Crippen molar-refractivity contribution < 1.29 is 9.26 Å². The van der Waals surface area contributed by atoms with E-state index in [1.807, 2.05) is 12.1 Å². The van der Waals surface area contributed by atoms with Crippen molar-refractivity contribution in [3.05, 3.63) is 47.6 Å². The van der Waals surface area contributed by atoms with Crippen LogP contribution >= 0.6 is 24.0 Å². The van der Waals surface area contributed by atoms with Gasteiger partial charge in [-0.05, 0) is 29.7 Å². The number of nitrogens with one attached hydrogen (secondary N) is 1. The quantitative estimate of drug-likeness (QED) is 0.422. The van der Waals surface area contributed by atoms with E-state index >= 15 is 0 Å². The molecule has 140 valence electrons. The monoisotopic (exact) mass is 469 g/mol. The zero-order valence-corrected chi connectivity index (χ0v) is 17.6. The van der Waals surface area contributed by atoms with Crippen molar-refractivity contribution in [3.8, 4) is 5.75 Å². The molecule has 0 amide bonds. The second-order valence-electron chi connectivity index (χ2n) is 5.79. The van der Waals surface area contributed by atoms with Crippen molar-refractivity contribution in [1.82, 2.24) is 20.4 Å². The number of halogens is 1. The number of rotatable bonds is 4. The summed E-state index contributed by atoms with van der Waals surface area (Å²) in [6.07, 6.45) is 3.19. The zero-order valence-electron chi connectivity index (χ0n) is 15.2. The molecule has 1 aromatic carbocycles. The number of ether oxygens (including phenoxy) is 1. The molecule has 26 heavy (non-hydrogen) atoms. The minimum atomic E-state index is 0. The molecular weight excluding hydrogens is 445 g/mol. The zero-order chi connectivity index (χ0) is 17.6. The fraction of sp³-hybridized carbons (Fsp3) is 0.389. The second-order valence-corrected chi connectivity index (χ2v) is 5.79. The van der Waals surface area contributed by atoms with Gasteiger partial charge in [0.15, 0.2) is 11.8 Å². The molecule has 0 aliphatic carbocycles. The number of aryl methyl sites for hydroxylation is 1. The molecule has 0 bridgehead atoms. The largest absolute Gasteiger partial charge is 0.497 e. The van der Waals surface area contributed by atoms with Gasteiger partial charge in [0.05, 0.1) is 13.7 Å². The smallest absolute Gasteiger partial charge is 0.223 e. The maximum atomic E-state index is 5.31. The molecule has 1 N–H and O–H groups in total. The predicted molar refractivity (Wildman–Crippen MR) is 112 cm³/mol. The van der Waals surface area contributed by atoms with Crippen molar-refractivity contribution in [2.75, 3.05) is 27.2 Å². The lowest BCUT2D eigenvalue weighted by molar-refractivity contribution is 0.385. The Hall–Kier alpha value is -2.10. The lowest BCUT2D eigenvalue weighted by Gasteiger charge is -2.29. The molecule has 2 heterocycles. The number of benzene rings is 1. The molecular formula is C18H24IN5O2. The Labute approximate surface area is 170 Å². The summed E-state index contributed by atoms with van der Waals surface area (Å²) in [5, 5.41) is 7.17. The number of hydrogen-bond acceptors (Lipinski definition) is 5. The van der Waals surface area contributed by atoms with Gasteiger partial charge in [-0.25, -0.2) is 0 Å². The Kier molecular flexibility index (Phi) is 7.43. The van der Waals surface area contributed by atoms with Crippen LogP contribution in [0.25, 0.3) is 5.57 Å². The lowest BCUT2D eigenvalue weighted by atomic mass is 9.99. The van der Waals surface area contributed by atoms with Crippen molar-refractivity contribution >= 4 is 35.5 Å². The minimum Gasteiger partial charge on any atom is -0.497 e. The highest BCUT2D eigenvalue weighted by molar-refractivity contribution is 14.0. The number of aromatic nitrogens is 2. The Morgan fingerprint density at radius 2 is 2.27 bits per heavy atom. The summed E-state index contributed by atoms with van der Waals surface area (Å²) in [5.41, 5.74) is 2.55. The molecule has 1 aliphatic rings. The summed E-state index contributed by atoms with van der Waals surface area (Å²) in [7, 11) is 3.47. The second kappa shape index (κ2) is 9.56. The number of hydrogen-bond donors (Lipinski definition) is 1. The third-order valence-electron chi connectivity index (χ3n) is 4.14. The van der Waals surface area contributed by atoms with E-state index in [2.05, 4.69) is 43.6 Å². The molecule has 3 rings (SSSR count). The van der Waals surface area contributed by atoms with Crippen LogP contribution in [0.1, 0.15) is 23.7 Å². The fourth-order valence-corrected chi connectivity index (χ4v) is 2.85. The maximum absolute atomic E-state index is 5.31. The number of nitrogens with zero attached hydrogens (tertiary/aromatic N) is 4. The Morgan fingerprint density at radius 1 is 1.42 bits per heavy atom. The SMILES string of the molecule is CN=C(NCc1noc(C)n1)N1CC=C(c2cccc(OC)c2)CC1.I. The number of methoxy groups -OCH3 is 1. The summed E-state index contributed by atoms with van der Waals surface area (Å²) in [6.45, 7) is 3.97. The number of guanidine groups is 1. The van der Waals surface area contributed by atoms with Crippen molar-refractivity contribution in [3.63, 3.8) is 0 Å². The van der Waals surface area contributed by atoms with E-state index in [0.29, 0.717) is 18.3 Å². The van der Waals surface area contributed by atoms with Crippen LogP contribution in [0.5, 0.6) is 5.75 Å². The average Bonchev–Trinajstić information content (AvgIpc) is 3.08. The van der Waals surface area contributed by atoms with Gasteiger partial charge in [-0.2, -0.15) is 4.98 Å². The van der Waals surface area contributed by atoms with Gasteiger partial charge in [0.25, 0.3) is 0 Å². The Balaban J connectivity index is 0.00000243. The van der Waals surface area contributed by atoms with E-state index in [-0.39, 0.29) is 24.0 Å². The van der Waals surface area contributed by atoms with Crippen LogP contribution in [-0.4, -0.2) is 48.2 Å². The predicted octanol–water partition coefficient (Wildman–Crippen LogP) is 2.87. The van der Waals surface area contributed by atoms with E-state index in [0.717, 1.165) is 31.2 Å². The molecule has 2 aromatic rings. The summed E-state index contributed by atoms with van der Waals surface area (Å²) in [4.78, 5) is 10.8. The highest BCUT2D eigenvalue weighted by Gasteiger charge is 2.17. The van der Waals surface area contributed by atoms with E-state index in [9.17, 15) is 0 Å². The van der Waals surface area contributed by atoms with Crippen LogP contribution in [0.3, 0.4) is 0 Å². The van der Waals surface area contributed by atoms with Gasteiger partial charge in [0.2, 0.25) is 5.89 Å². The average molecular weight is 469 g/mol. The first-order valence-electron chi connectivity index (χ1n) is 8.28. The highest BCUT2D eigenvalue weighted by Crippen LogP contribution is 2.25. The highest BCUT2D eigenvalue weighted by atomic mass is 127. The standard InChI is InChI=1S/C18H23N5O2.HI/c1-13-21-17(22-25-13)12-20-18(19-2)23-9-7-14(8-10-23)15-5-4-6-16(11-15)24-3;/h4-7,11H,8-10,12H2,1-3H3,(H,19,20);1H. The van der Waals surface area contributed by atoms with Crippen LogP contribution in [0.4, 0.5) is 0 Å². The van der Waals surface area contributed by atoms with Gasteiger partial charge in [0.1, 0.15) is 5.75 Å². The molecule has 1 aromatic heterocycles. The molecule has 0 saturated carbocycles. The van der Waals surface area contributed by atoms with E-state index < -0.39 is 0 Å². The molecule has 1 aliphatic heterocycles. The van der Waals surface area contributed by atoms with E-state index in [1.165, 1.54) is 11.1 Å². The summed E-state index contributed by atoms with van der Waals surface area (Å²) >= 11 is 0. The van der Waals surface area contributed by atoms with Crippen molar-refractivity contribution in [1.29, 1.82) is 0 Å². The Bertz CT molecular complexity index is 787. The first-order valence-corrected chi connectivity index (χ1v) is 8.28. The molecule has 0 atom stereocenters. The minimum absolute atomic E-state index is 0. The normalized spacial score (nSPS) is 14.5. The third kappa shape index (κ3) is 4.96. The first kappa shape index (κ1) is 20.2. The lowest BCUT2D eigenvalue weighted by Crippen LogP contribution is -2.43. The molecule has 0 radical (unpaired) electrons. The molecule has 8 heteroatoms. The number of aliphatic imine (C=N–C) groups is 1. The van der Waals surface area contributed by atoms with E-state index in [4.69, 9.17) is 9.26 Å². The summed E-state index contributed by atoms with van der Waals surface area (Å²) < 4.78 is 10.3. The van der Waals surface area contributed by atoms with Crippen LogP contribution in [0, 0.1) is 6.92 Å². The van der Waals surface area contributed by atoms with Gasteiger partial charge in [0, 0.05) is 27.1 Å². The van der Waals surface area contributed by atoms with Crippen LogP contribution in [0.2, 0.25) is 0 Å². The van der Waals surface area contributed by atoms with Gasteiger partial charge in [-0.1, -0.05) is 23.4 Å². The molecule has 7 nitrogen and oxygen atoms in total. The summed E-state index contributed by atoms with van der Waals surface area (Å²) in [5.74, 6) is 2.91. The molecule has 0 saturated heterocycles. The Morgan fingerprint density at radius 3 is 2.88 bits per heavy atom. The van der Waals surface area contributed by atoms with Crippen LogP contribution in [0.15, 0.2) is 39.9 Å². The summed E-state index contributed by atoms with van der Waals surface area (Å²) in [6, 6.07) is 8.18. The van der Waals surface area contributed by atoms with Crippen LogP contribution < -0.4 is 10.1 Å². The van der Waals surface area contributed by atoms with E-state index in [1.54, 1.807) is 21.1 Å². The van der Waals surface area contributed by atoms with Gasteiger partial charge in [-0.15, -0.1) is 24.0 Å². The van der Waals surface area contributed by atoms with Gasteiger partial charge >= 0.3 is 0 Å². The fourth-order valence-electron chi connectivity index (χ4n) is 2.85. The van der Waals surface area contributed by atoms with Gasteiger partial charge < -0.3 is 19.5 Å². The molecule has 0 unspecified atom stereocenters. The topological polar surface area (TPSA) is 75.8 Å².